The van der Waals surface area contributed by atoms with E-state index in [-0.39, 0.29) is 6.61 Å². The van der Waals surface area contributed by atoms with Crippen LogP contribution in [0, 0.1) is 5.92 Å². The quantitative estimate of drug-likeness (QED) is 0.815. The fraction of sp³-hybridized carbons (Fsp3) is 0.667. The Morgan fingerprint density at radius 2 is 2.26 bits per heavy atom. The highest BCUT2D eigenvalue weighted by Crippen LogP contribution is 2.18. The molecule has 1 atom stereocenters. The first kappa shape index (κ1) is 14.4. The minimum absolute atomic E-state index is 0.279. The van der Waals surface area contributed by atoms with Crippen molar-refractivity contribution < 1.29 is 5.11 Å². The molecular weight excluding hydrogens is 238 g/mol. The maximum Gasteiger partial charge on any atom is 0.0558 e. The van der Waals surface area contributed by atoms with Gasteiger partial charge in [0, 0.05) is 25.0 Å². The SMILES string of the molecule is C[C@@H](NCC1CCN(CCO)CC1)c1cccnc1. The molecule has 1 aliphatic rings. The third-order valence-electron chi connectivity index (χ3n) is 4.02. The van der Waals surface area contributed by atoms with E-state index in [1.165, 1.54) is 18.4 Å². The van der Waals surface area contributed by atoms with Crippen LogP contribution in [0.3, 0.4) is 0 Å². The number of nitrogens with one attached hydrogen (secondary N) is 1. The Morgan fingerprint density at radius 1 is 1.47 bits per heavy atom. The minimum atomic E-state index is 0.279. The summed E-state index contributed by atoms with van der Waals surface area (Å²) in [7, 11) is 0. The summed E-state index contributed by atoms with van der Waals surface area (Å²) in [4.78, 5) is 6.51. The van der Waals surface area contributed by atoms with Crippen molar-refractivity contribution in [3.8, 4) is 0 Å². The Bertz CT molecular complexity index is 350. The van der Waals surface area contributed by atoms with Gasteiger partial charge in [-0.1, -0.05) is 6.07 Å². The van der Waals surface area contributed by atoms with Gasteiger partial charge in [-0.25, -0.2) is 0 Å². The van der Waals surface area contributed by atoms with E-state index in [1.807, 2.05) is 18.5 Å². The molecule has 0 bridgehead atoms. The average molecular weight is 263 g/mol. The Labute approximate surface area is 115 Å². The number of aliphatic hydroxyl groups is 1. The summed E-state index contributed by atoms with van der Waals surface area (Å²) in [5.41, 5.74) is 1.25. The highest BCUT2D eigenvalue weighted by Gasteiger charge is 2.19. The number of hydrogen-bond donors (Lipinski definition) is 2. The molecule has 1 saturated heterocycles. The normalized spacial score (nSPS) is 19.5. The summed E-state index contributed by atoms with van der Waals surface area (Å²) >= 11 is 0. The summed E-state index contributed by atoms with van der Waals surface area (Å²) in [6.07, 6.45) is 6.20. The van der Waals surface area contributed by atoms with E-state index in [0.717, 1.165) is 32.1 Å². The van der Waals surface area contributed by atoms with Gasteiger partial charge >= 0.3 is 0 Å². The van der Waals surface area contributed by atoms with Crippen LogP contribution < -0.4 is 5.32 Å². The molecule has 0 aromatic carbocycles. The maximum atomic E-state index is 8.93. The molecule has 0 amide bonds. The van der Waals surface area contributed by atoms with Crippen LogP contribution in [0.25, 0.3) is 0 Å². The first-order valence-corrected chi connectivity index (χ1v) is 7.26. The number of β-amino-alcohol motifs (C(OH)–C–C–N with tert-alkyl or cyclic N) is 1. The molecule has 0 aliphatic carbocycles. The fourth-order valence-corrected chi connectivity index (χ4v) is 2.65. The van der Waals surface area contributed by atoms with Gasteiger partial charge in [0.05, 0.1) is 6.61 Å². The molecule has 2 N–H and O–H groups in total. The van der Waals surface area contributed by atoms with Gasteiger partial charge in [-0.3, -0.25) is 4.98 Å². The Morgan fingerprint density at radius 3 is 2.89 bits per heavy atom. The second-order valence-corrected chi connectivity index (χ2v) is 5.42. The number of pyridine rings is 1. The van der Waals surface area contributed by atoms with Gasteiger partial charge in [0.2, 0.25) is 0 Å². The molecule has 106 valence electrons. The second-order valence-electron chi connectivity index (χ2n) is 5.42. The lowest BCUT2D eigenvalue weighted by molar-refractivity contribution is 0.146. The fourth-order valence-electron chi connectivity index (χ4n) is 2.65. The molecule has 2 rings (SSSR count). The molecule has 1 aliphatic heterocycles. The van der Waals surface area contributed by atoms with Crippen LogP contribution >= 0.6 is 0 Å². The van der Waals surface area contributed by atoms with Crippen molar-refractivity contribution in [1.82, 2.24) is 15.2 Å². The van der Waals surface area contributed by atoms with E-state index in [4.69, 9.17) is 5.11 Å². The zero-order chi connectivity index (χ0) is 13.5. The van der Waals surface area contributed by atoms with Gasteiger partial charge in [-0.05, 0) is 56.9 Å². The molecular formula is C15H25N3O. The minimum Gasteiger partial charge on any atom is -0.395 e. The highest BCUT2D eigenvalue weighted by molar-refractivity contribution is 5.12. The number of aromatic nitrogens is 1. The zero-order valence-electron chi connectivity index (χ0n) is 11.8. The van der Waals surface area contributed by atoms with E-state index in [1.54, 1.807) is 0 Å². The van der Waals surface area contributed by atoms with Crippen molar-refractivity contribution >= 4 is 0 Å². The summed E-state index contributed by atoms with van der Waals surface area (Å²) in [6.45, 7) is 6.61. The molecule has 0 radical (unpaired) electrons. The van der Waals surface area contributed by atoms with Crippen LogP contribution in [-0.4, -0.2) is 47.8 Å². The van der Waals surface area contributed by atoms with E-state index in [9.17, 15) is 0 Å². The number of rotatable bonds is 6. The highest BCUT2D eigenvalue weighted by atomic mass is 16.3. The van der Waals surface area contributed by atoms with Gasteiger partial charge in [0.1, 0.15) is 0 Å². The predicted octanol–water partition coefficient (Wildman–Crippen LogP) is 1.44. The lowest BCUT2D eigenvalue weighted by Crippen LogP contribution is -2.39. The molecule has 0 spiro atoms. The zero-order valence-corrected chi connectivity index (χ0v) is 11.8. The summed E-state index contributed by atoms with van der Waals surface area (Å²) in [6, 6.07) is 4.47. The summed E-state index contributed by atoms with van der Waals surface area (Å²) < 4.78 is 0. The maximum absolute atomic E-state index is 8.93. The van der Waals surface area contributed by atoms with Crippen LogP contribution in [0.2, 0.25) is 0 Å². The molecule has 0 unspecified atom stereocenters. The van der Waals surface area contributed by atoms with Gasteiger partial charge in [0.25, 0.3) is 0 Å². The van der Waals surface area contributed by atoms with Crippen molar-refractivity contribution in [2.75, 3.05) is 32.8 Å². The van der Waals surface area contributed by atoms with Gasteiger partial charge < -0.3 is 15.3 Å². The average Bonchev–Trinajstić information content (AvgIpc) is 2.47. The first-order chi connectivity index (χ1) is 9.29. The first-order valence-electron chi connectivity index (χ1n) is 7.26. The molecule has 1 aromatic rings. The number of likely N-dealkylation sites (tertiary alicyclic amines) is 1. The van der Waals surface area contributed by atoms with Gasteiger partial charge in [0.15, 0.2) is 0 Å². The van der Waals surface area contributed by atoms with Crippen LogP contribution in [0.1, 0.15) is 31.4 Å². The van der Waals surface area contributed by atoms with Crippen LogP contribution in [0.15, 0.2) is 24.5 Å². The second kappa shape index (κ2) is 7.58. The number of aliphatic hydroxyl groups excluding tert-OH is 1. The third-order valence-corrected chi connectivity index (χ3v) is 4.02. The number of nitrogens with zero attached hydrogens (tertiary/aromatic N) is 2. The molecule has 1 fully saturated rings. The Kier molecular flexibility index (Phi) is 5.76. The van der Waals surface area contributed by atoms with Crippen molar-refractivity contribution in [2.24, 2.45) is 5.92 Å². The van der Waals surface area contributed by atoms with Crippen molar-refractivity contribution in [3.05, 3.63) is 30.1 Å². The molecule has 0 saturated carbocycles. The molecule has 4 heteroatoms. The smallest absolute Gasteiger partial charge is 0.0558 e. The van der Waals surface area contributed by atoms with E-state index < -0.39 is 0 Å². The van der Waals surface area contributed by atoms with E-state index in [0.29, 0.717) is 6.04 Å². The van der Waals surface area contributed by atoms with Crippen LogP contribution in [-0.2, 0) is 0 Å². The van der Waals surface area contributed by atoms with Crippen molar-refractivity contribution in [3.63, 3.8) is 0 Å². The lowest BCUT2D eigenvalue weighted by Gasteiger charge is -2.32. The number of piperidine rings is 1. The predicted molar refractivity (Wildman–Crippen MR) is 76.9 cm³/mol. The van der Waals surface area contributed by atoms with E-state index >= 15 is 0 Å². The number of hydrogen-bond acceptors (Lipinski definition) is 4. The van der Waals surface area contributed by atoms with Gasteiger partial charge in [-0.2, -0.15) is 0 Å². The van der Waals surface area contributed by atoms with Gasteiger partial charge in [-0.15, -0.1) is 0 Å². The van der Waals surface area contributed by atoms with Crippen LogP contribution in [0.4, 0.5) is 0 Å². The molecule has 19 heavy (non-hydrogen) atoms. The Hall–Kier alpha value is -0.970. The third kappa shape index (κ3) is 4.56. The van der Waals surface area contributed by atoms with Crippen molar-refractivity contribution in [2.45, 2.75) is 25.8 Å². The van der Waals surface area contributed by atoms with Crippen molar-refractivity contribution in [1.29, 1.82) is 0 Å². The monoisotopic (exact) mass is 263 g/mol. The largest absolute Gasteiger partial charge is 0.395 e. The molecule has 1 aromatic heterocycles. The summed E-state index contributed by atoms with van der Waals surface area (Å²) in [5, 5.41) is 12.5. The lowest BCUT2D eigenvalue weighted by atomic mass is 9.96. The summed E-state index contributed by atoms with van der Waals surface area (Å²) in [5.74, 6) is 0.758. The molecule has 4 nitrogen and oxygen atoms in total. The standard InChI is InChI=1S/C15H25N3O/c1-13(15-3-2-6-16-12-15)17-11-14-4-7-18(8-5-14)9-10-19/h2-3,6,12-14,17,19H,4-5,7-11H2,1H3/t13-/m1/s1. The topological polar surface area (TPSA) is 48.4 Å². The van der Waals surface area contributed by atoms with Crippen LogP contribution in [0.5, 0.6) is 0 Å². The molecule has 2 heterocycles. The van der Waals surface area contributed by atoms with E-state index in [2.05, 4.69) is 28.2 Å². The Balaban J connectivity index is 1.69.